The average molecular weight is 330 g/mol. The molecule has 2 atom stereocenters. The highest BCUT2D eigenvalue weighted by Crippen LogP contribution is 2.34. The van der Waals surface area contributed by atoms with Crippen molar-refractivity contribution in [2.45, 2.75) is 38.6 Å². The number of benzene rings is 1. The molecule has 1 fully saturated rings. The third kappa shape index (κ3) is 3.27. The van der Waals surface area contributed by atoms with Gasteiger partial charge in [0.05, 0.1) is 0 Å². The molecule has 0 radical (unpaired) electrons. The minimum Gasteiger partial charge on any atom is -0.338 e. The largest absolute Gasteiger partial charge is 0.338 e. The Morgan fingerprint density at radius 2 is 2.00 bits per heavy atom. The molecule has 8 heteroatoms. The number of nitrogens with one attached hydrogen (secondary N) is 1. The highest BCUT2D eigenvalue weighted by Gasteiger charge is 2.53. The summed E-state index contributed by atoms with van der Waals surface area (Å²) in [7, 11) is 0. The third-order valence-corrected chi connectivity index (χ3v) is 3.84. The van der Waals surface area contributed by atoms with E-state index in [9.17, 15) is 14.9 Å². The van der Waals surface area contributed by atoms with E-state index in [2.05, 4.69) is 15.5 Å². The molecule has 0 bridgehead atoms. The second-order valence-electron chi connectivity index (χ2n) is 6.93. The lowest BCUT2D eigenvalue weighted by Gasteiger charge is -2.10. The molecule has 0 saturated heterocycles. The number of aromatic nitrogens is 2. The Kier molecular flexibility index (Phi) is 3.82. The van der Waals surface area contributed by atoms with E-state index >= 15 is 0 Å². The quantitative estimate of drug-likeness (QED) is 0.681. The van der Waals surface area contributed by atoms with Gasteiger partial charge in [-0.05, 0) is 24.3 Å². The van der Waals surface area contributed by atoms with Crippen molar-refractivity contribution in [3.8, 4) is 11.4 Å². The summed E-state index contributed by atoms with van der Waals surface area (Å²) in [5.74, 6) is 0.174. The minimum absolute atomic E-state index is 0.225. The van der Waals surface area contributed by atoms with Crippen LogP contribution in [0.25, 0.3) is 11.4 Å². The summed E-state index contributed by atoms with van der Waals surface area (Å²) in [5.41, 5.74) is 1.12. The van der Waals surface area contributed by atoms with E-state index in [0.717, 1.165) is 5.56 Å². The van der Waals surface area contributed by atoms with Crippen LogP contribution < -0.4 is 5.32 Å². The molecule has 24 heavy (non-hydrogen) atoms. The first-order chi connectivity index (χ1) is 11.3. The molecular formula is C16H18N4O4. The van der Waals surface area contributed by atoms with Crippen molar-refractivity contribution in [1.82, 2.24) is 10.1 Å². The SMILES string of the molecule is CC(C)(C)c1nc(-c2ccc(NC(=O)[C@@H]3C[C@H]3[N+](=O)[O-])cc2)no1. The van der Waals surface area contributed by atoms with Crippen LogP contribution in [0.3, 0.4) is 0 Å². The van der Waals surface area contributed by atoms with Crippen LogP contribution in [0.2, 0.25) is 0 Å². The van der Waals surface area contributed by atoms with Gasteiger partial charge in [-0.25, -0.2) is 0 Å². The average Bonchev–Trinajstić information content (AvgIpc) is 3.16. The monoisotopic (exact) mass is 330 g/mol. The summed E-state index contributed by atoms with van der Waals surface area (Å²) in [6.07, 6.45) is 0.301. The van der Waals surface area contributed by atoms with Crippen molar-refractivity contribution >= 4 is 11.6 Å². The molecule has 1 aromatic heterocycles. The Morgan fingerprint density at radius 1 is 1.33 bits per heavy atom. The van der Waals surface area contributed by atoms with Crippen LogP contribution >= 0.6 is 0 Å². The molecule has 1 amide bonds. The molecule has 0 aliphatic heterocycles. The zero-order chi connectivity index (χ0) is 17.5. The van der Waals surface area contributed by atoms with Crippen molar-refractivity contribution < 1.29 is 14.2 Å². The number of amides is 1. The number of rotatable bonds is 4. The maximum absolute atomic E-state index is 11.9. The van der Waals surface area contributed by atoms with Crippen LogP contribution in [0, 0.1) is 16.0 Å². The number of carbonyl (C=O) groups excluding carboxylic acids is 1. The summed E-state index contributed by atoms with van der Waals surface area (Å²) in [6.45, 7) is 5.96. The van der Waals surface area contributed by atoms with Gasteiger partial charge in [0.15, 0.2) is 0 Å². The number of hydrogen-bond acceptors (Lipinski definition) is 6. The van der Waals surface area contributed by atoms with E-state index < -0.39 is 16.9 Å². The third-order valence-electron chi connectivity index (χ3n) is 3.84. The Morgan fingerprint density at radius 3 is 2.50 bits per heavy atom. The highest BCUT2D eigenvalue weighted by molar-refractivity contribution is 5.94. The molecule has 126 valence electrons. The first-order valence-electron chi connectivity index (χ1n) is 7.64. The smallest absolute Gasteiger partial charge is 0.234 e. The normalized spacial score (nSPS) is 19.8. The maximum atomic E-state index is 11.9. The van der Waals surface area contributed by atoms with Gasteiger partial charge in [-0.15, -0.1) is 0 Å². The first-order valence-corrected chi connectivity index (χ1v) is 7.64. The van der Waals surface area contributed by atoms with E-state index in [-0.39, 0.29) is 11.3 Å². The van der Waals surface area contributed by atoms with Gasteiger partial charge >= 0.3 is 0 Å². The van der Waals surface area contributed by atoms with E-state index in [4.69, 9.17) is 4.52 Å². The Labute approximate surface area is 138 Å². The standard InChI is InChI=1S/C16H18N4O4/c1-16(2,3)15-18-13(19-24-15)9-4-6-10(7-5-9)17-14(21)11-8-12(11)20(22)23/h4-7,11-12H,8H2,1-3H3,(H,17,21)/t11-,12-/m1/s1. The Bertz CT molecular complexity index is 776. The van der Waals surface area contributed by atoms with Crippen LogP contribution in [0.1, 0.15) is 33.1 Å². The fraction of sp³-hybridized carbons (Fsp3) is 0.438. The lowest BCUT2D eigenvalue weighted by Crippen LogP contribution is -2.18. The van der Waals surface area contributed by atoms with Crippen molar-refractivity contribution in [1.29, 1.82) is 0 Å². The van der Waals surface area contributed by atoms with E-state index in [1.165, 1.54) is 0 Å². The van der Waals surface area contributed by atoms with Gasteiger partial charge in [-0.2, -0.15) is 4.98 Å². The van der Waals surface area contributed by atoms with E-state index in [0.29, 0.717) is 23.8 Å². The van der Waals surface area contributed by atoms with Gasteiger partial charge in [0.1, 0.15) is 5.92 Å². The van der Waals surface area contributed by atoms with Crippen LogP contribution in [0.15, 0.2) is 28.8 Å². The van der Waals surface area contributed by atoms with Gasteiger partial charge < -0.3 is 9.84 Å². The lowest BCUT2D eigenvalue weighted by atomic mass is 9.97. The molecule has 1 aliphatic carbocycles. The molecule has 0 spiro atoms. The molecule has 1 N–H and O–H groups in total. The first kappa shape index (κ1) is 16.1. The van der Waals surface area contributed by atoms with Crippen molar-refractivity contribution in [3.05, 3.63) is 40.3 Å². The Hall–Kier alpha value is -2.77. The van der Waals surface area contributed by atoms with Gasteiger partial charge in [-0.1, -0.05) is 25.9 Å². The second kappa shape index (κ2) is 5.70. The maximum Gasteiger partial charge on any atom is 0.234 e. The summed E-state index contributed by atoms with van der Waals surface area (Å²) in [6, 6.07) is 6.21. The Balaban J connectivity index is 1.67. The number of nitrogens with zero attached hydrogens (tertiary/aromatic N) is 3. The summed E-state index contributed by atoms with van der Waals surface area (Å²) < 4.78 is 5.26. The van der Waals surface area contributed by atoms with Crippen LogP contribution in [0.4, 0.5) is 5.69 Å². The summed E-state index contributed by atoms with van der Waals surface area (Å²) >= 11 is 0. The topological polar surface area (TPSA) is 111 Å². The highest BCUT2D eigenvalue weighted by atomic mass is 16.6. The molecule has 8 nitrogen and oxygen atoms in total. The molecule has 0 unspecified atom stereocenters. The fourth-order valence-electron chi connectivity index (χ4n) is 2.28. The van der Waals surface area contributed by atoms with Gasteiger partial charge in [0.2, 0.25) is 23.7 Å². The van der Waals surface area contributed by atoms with Gasteiger partial charge in [0, 0.05) is 28.0 Å². The van der Waals surface area contributed by atoms with Gasteiger partial charge in [-0.3, -0.25) is 14.9 Å². The number of carbonyl (C=O) groups is 1. The van der Waals surface area contributed by atoms with E-state index in [1.807, 2.05) is 20.8 Å². The van der Waals surface area contributed by atoms with Crippen LogP contribution in [-0.2, 0) is 10.2 Å². The molecular weight excluding hydrogens is 312 g/mol. The van der Waals surface area contributed by atoms with Crippen LogP contribution in [-0.4, -0.2) is 27.0 Å². The summed E-state index contributed by atoms with van der Waals surface area (Å²) in [5, 5.41) is 17.3. The van der Waals surface area contributed by atoms with Crippen molar-refractivity contribution in [2.24, 2.45) is 5.92 Å². The minimum atomic E-state index is -0.751. The number of anilines is 1. The van der Waals surface area contributed by atoms with Crippen molar-refractivity contribution in [2.75, 3.05) is 5.32 Å². The molecule has 3 rings (SSSR count). The molecule has 1 aromatic carbocycles. The van der Waals surface area contributed by atoms with E-state index in [1.54, 1.807) is 24.3 Å². The summed E-state index contributed by atoms with van der Waals surface area (Å²) in [4.78, 5) is 26.5. The second-order valence-corrected chi connectivity index (χ2v) is 6.93. The predicted molar refractivity (Wildman–Crippen MR) is 86.0 cm³/mol. The molecule has 1 heterocycles. The zero-order valence-electron chi connectivity index (χ0n) is 13.6. The fourth-order valence-corrected chi connectivity index (χ4v) is 2.28. The number of hydrogen-bond donors (Lipinski definition) is 1. The lowest BCUT2D eigenvalue weighted by molar-refractivity contribution is -0.497. The predicted octanol–water partition coefficient (Wildman–Crippen LogP) is 2.64. The number of nitro groups is 1. The molecule has 1 aliphatic rings. The van der Waals surface area contributed by atoms with Crippen molar-refractivity contribution in [3.63, 3.8) is 0 Å². The zero-order valence-corrected chi connectivity index (χ0v) is 13.6. The molecule has 2 aromatic rings. The van der Waals surface area contributed by atoms with Gasteiger partial charge in [0.25, 0.3) is 0 Å². The molecule has 1 saturated carbocycles. The van der Waals surface area contributed by atoms with Crippen LogP contribution in [0.5, 0.6) is 0 Å².